The van der Waals surface area contributed by atoms with Gasteiger partial charge in [0, 0.05) is 18.9 Å². The number of carbonyl (C=O) groups is 2. The molecular formula is C13H16N2O5. The Balaban J connectivity index is 2.77. The smallest absolute Gasteiger partial charge is 0.303 e. The summed E-state index contributed by atoms with van der Waals surface area (Å²) in [6.45, 7) is 3.39. The molecule has 0 spiro atoms. The Labute approximate surface area is 115 Å². The molecule has 108 valence electrons. The van der Waals surface area contributed by atoms with Crippen molar-refractivity contribution in [1.29, 1.82) is 0 Å². The van der Waals surface area contributed by atoms with Gasteiger partial charge in [0.05, 0.1) is 4.92 Å². The first-order valence-corrected chi connectivity index (χ1v) is 6.06. The molecule has 1 unspecified atom stereocenters. The van der Waals surface area contributed by atoms with E-state index in [2.05, 4.69) is 5.32 Å². The molecule has 0 bridgehead atoms. The van der Waals surface area contributed by atoms with Gasteiger partial charge in [-0.3, -0.25) is 19.7 Å². The van der Waals surface area contributed by atoms with E-state index in [1.165, 1.54) is 12.1 Å². The molecule has 1 rings (SSSR count). The molecule has 0 aliphatic rings. The minimum Gasteiger partial charge on any atom is -0.481 e. The third kappa shape index (κ3) is 4.68. The fourth-order valence-electron chi connectivity index (χ4n) is 1.80. The molecule has 1 atom stereocenters. The predicted octanol–water partition coefficient (Wildman–Crippen LogP) is 2.34. The molecule has 7 nitrogen and oxygen atoms in total. The summed E-state index contributed by atoms with van der Waals surface area (Å²) >= 11 is 0. The van der Waals surface area contributed by atoms with Crippen LogP contribution in [0.25, 0.3) is 0 Å². The maximum absolute atomic E-state index is 11.8. The van der Waals surface area contributed by atoms with E-state index in [1.807, 2.05) is 0 Å². The van der Waals surface area contributed by atoms with Crippen LogP contribution in [0.5, 0.6) is 0 Å². The number of hydrogen-bond donors (Lipinski definition) is 2. The first-order chi connectivity index (χ1) is 9.29. The van der Waals surface area contributed by atoms with Crippen LogP contribution in [0.15, 0.2) is 18.2 Å². The van der Waals surface area contributed by atoms with Crippen LogP contribution < -0.4 is 5.32 Å². The van der Waals surface area contributed by atoms with Gasteiger partial charge in [-0.25, -0.2) is 0 Å². The highest BCUT2D eigenvalue weighted by Crippen LogP contribution is 2.25. The molecule has 0 radical (unpaired) electrons. The lowest BCUT2D eigenvalue weighted by atomic mass is 10.0. The third-order valence-electron chi connectivity index (χ3n) is 2.68. The Morgan fingerprint density at radius 3 is 2.60 bits per heavy atom. The number of carbonyl (C=O) groups excluding carboxylic acids is 1. The summed E-state index contributed by atoms with van der Waals surface area (Å²) < 4.78 is 0. The molecule has 1 amide bonds. The third-order valence-corrected chi connectivity index (χ3v) is 2.68. The van der Waals surface area contributed by atoms with E-state index in [9.17, 15) is 19.7 Å². The number of anilines is 1. The van der Waals surface area contributed by atoms with Crippen LogP contribution in [-0.4, -0.2) is 21.9 Å². The topological polar surface area (TPSA) is 110 Å². The van der Waals surface area contributed by atoms with Gasteiger partial charge < -0.3 is 10.4 Å². The Kier molecular flexibility index (Phi) is 5.19. The van der Waals surface area contributed by atoms with E-state index in [4.69, 9.17) is 5.11 Å². The van der Waals surface area contributed by atoms with E-state index in [0.29, 0.717) is 0 Å². The van der Waals surface area contributed by atoms with Crippen LogP contribution >= 0.6 is 0 Å². The van der Waals surface area contributed by atoms with Crippen LogP contribution in [0.1, 0.15) is 25.3 Å². The molecule has 7 heteroatoms. The SMILES string of the molecule is Cc1ccc([N+](=O)[O-])c(NC(=O)CC(C)CC(=O)O)c1. The van der Waals surface area contributed by atoms with Gasteiger partial charge >= 0.3 is 5.97 Å². The number of rotatable bonds is 6. The quantitative estimate of drug-likeness (QED) is 0.614. The molecule has 2 N–H and O–H groups in total. The number of carboxylic acids is 1. The van der Waals surface area contributed by atoms with Crippen molar-refractivity contribution in [2.75, 3.05) is 5.32 Å². The Morgan fingerprint density at radius 1 is 1.40 bits per heavy atom. The Bertz CT molecular complexity index is 542. The largest absolute Gasteiger partial charge is 0.481 e. The number of amides is 1. The average Bonchev–Trinajstić information content (AvgIpc) is 2.26. The summed E-state index contributed by atoms with van der Waals surface area (Å²) in [4.78, 5) is 32.6. The first kappa shape index (κ1) is 15.6. The van der Waals surface area contributed by atoms with Gasteiger partial charge in [-0.15, -0.1) is 0 Å². The number of nitro benzene ring substituents is 1. The maximum atomic E-state index is 11.8. The van der Waals surface area contributed by atoms with Crippen molar-refractivity contribution in [1.82, 2.24) is 0 Å². The fourth-order valence-corrected chi connectivity index (χ4v) is 1.80. The summed E-state index contributed by atoms with van der Waals surface area (Å²) in [5.74, 6) is -1.75. The van der Waals surface area contributed by atoms with Gasteiger partial charge in [0.25, 0.3) is 5.69 Å². The maximum Gasteiger partial charge on any atom is 0.303 e. The minimum atomic E-state index is -0.980. The first-order valence-electron chi connectivity index (χ1n) is 6.06. The molecule has 0 aromatic heterocycles. The molecule has 0 saturated carbocycles. The van der Waals surface area contributed by atoms with Crippen LogP contribution in [0.4, 0.5) is 11.4 Å². The van der Waals surface area contributed by atoms with Crippen LogP contribution in [0, 0.1) is 23.0 Å². The van der Waals surface area contributed by atoms with Crippen LogP contribution in [-0.2, 0) is 9.59 Å². The summed E-state index contributed by atoms with van der Waals surface area (Å²) in [5, 5.41) is 21.9. The van der Waals surface area contributed by atoms with Gasteiger partial charge in [0.15, 0.2) is 0 Å². The van der Waals surface area contributed by atoms with Crippen molar-refractivity contribution >= 4 is 23.3 Å². The summed E-state index contributed by atoms with van der Waals surface area (Å²) in [6, 6.07) is 4.42. The molecule has 1 aromatic rings. The van der Waals surface area contributed by atoms with E-state index >= 15 is 0 Å². The molecule has 0 aliphatic carbocycles. The molecular weight excluding hydrogens is 264 g/mol. The van der Waals surface area contributed by atoms with Gasteiger partial charge in [-0.1, -0.05) is 13.0 Å². The van der Waals surface area contributed by atoms with E-state index in [-0.39, 0.29) is 30.1 Å². The molecule has 20 heavy (non-hydrogen) atoms. The molecule has 0 saturated heterocycles. The van der Waals surface area contributed by atoms with E-state index in [1.54, 1.807) is 19.9 Å². The molecule has 1 aromatic carbocycles. The minimum absolute atomic E-state index is 0.00258. The summed E-state index contributed by atoms with van der Waals surface area (Å²) in [5.41, 5.74) is 0.724. The number of hydrogen-bond acceptors (Lipinski definition) is 4. The highest BCUT2D eigenvalue weighted by molar-refractivity contribution is 5.93. The predicted molar refractivity (Wildman–Crippen MR) is 72.5 cm³/mol. The standard InChI is InChI=1S/C13H16N2O5/c1-8-3-4-11(15(19)20)10(5-8)14-12(16)6-9(2)7-13(17)18/h3-5,9H,6-7H2,1-2H3,(H,14,16)(H,17,18). The number of carboxylic acid groups (broad SMARTS) is 1. The van der Waals surface area contributed by atoms with E-state index in [0.717, 1.165) is 5.56 Å². The van der Waals surface area contributed by atoms with Crippen molar-refractivity contribution in [3.63, 3.8) is 0 Å². The fraction of sp³-hybridized carbons (Fsp3) is 0.385. The summed E-state index contributed by atoms with van der Waals surface area (Å²) in [6.07, 6.45) is -0.124. The van der Waals surface area contributed by atoms with Crippen molar-refractivity contribution in [2.24, 2.45) is 5.92 Å². The lowest BCUT2D eigenvalue weighted by molar-refractivity contribution is -0.383. The Morgan fingerprint density at radius 2 is 2.05 bits per heavy atom. The normalized spacial score (nSPS) is 11.7. The Hall–Kier alpha value is -2.44. The highest BCUT2D eigenvalue weighted by atomic mass is 16.6. The second-order valence-electron chi connectivity index (χ2n) is 4.73. The number of aliphatic carboxylic acids is 1. The number of aryl methyl sites for hydroxylation is 1. The van der Waals surface area contributed by atoms with Crippen LogP contribution in [0.3, 0.4) is 0 Å². The molecule has 0 heterocycles. The van der Waals surface area contributed by atoms with Gasteiger partial charge in [0.2, 0.25) is 5.91 Å². The van der Waals surface area contributed by atoms with Crippen molar-refractivity contribution in [2.45, 2.75) is 26.7 Å². The zero-order valence-electron chi connectivity index (χ0n) is 11.3. The second-order valence-corrected chi connectivity index (χ2v) is 4.73. The molecule has 0 aliphatic heterocycles. The van der Waals surface area contributed by atoms with Crippen molar-refractivity contribution in [3.05, 3.63) is 33.9 Å². The van der Waals surface area contributed by atoms with Gasteiger partial charge in [-0.2, -0.15) is 0 Å². The second kappa shape index (κ2) is 6.65. The number of nitro groups is 1. The van der Waals surface area contributed by atoms with Crippen LogP contribution in [0.2, 0.25) is 0 Å². The lowest BCUT2D eigenvalue weighted by Gasteiger charge is -2.10. The zero-order valence-corrected chi connectivity index (χ0v) is 11.3. The number of nitrogens with one attached hydrogen (secondary N) is 1. The number of benzene rings is 1. The molecule has 0 fully saturated rings. The van der Waals surface area contributed by atoms with Crippen molar-refractivity contribution < 1.29 is 19.6 Å². The highest BCUT2D eigenvalue weighted by Gasteiger charge is 2.18. The van der Waals surface area contributed by atoms with Crippen molar-refractivity contribution in [3.8, 4) is 0 Å². The lowest BCUT2D eigenvalue weighted by Crippen LogP contribution is -2.17. The van der Waals surface area contributed by atoms with E-state index < -0.39 is 16.8 Å². The number of nitrogens with zero attached hydrogens (tertiary/aromatic N) is 1. The average molecular weight is 280 g/mol. The summed E-state index contributed by atoms with van der Waals surface area (Å²) in [7, 11) is 0. The van der Waals surface area contributed by atoms with Gasteiger partial charge in [-0.05, 0) is 24.5 Å². The zero-order chi connectivity index (χ0) is 15.3. The van der Waals surface area contributed by atoms with Gasteiger partial charge in [0.1, 0.15) is 5.69 Å². The monoisotopic (exact) mass is 280 g/mol.